The molecule has 0 unspecified atom stereocenters. The maximum atomic E-state index is 14.2. The highest BCUT2D eigenvalue weighted by molar-refractivity contribution is 7.89. The first-order valence-corrected chi connectivity index (χ1v) is 10.3. The molecule has 0 bridgehead atoms. The first kappa shape index (κ1) is 21.3. The van der Waals surface area contributed by atoms with E-state index in [1.807, 2.05) is 0 Å². The highest BCUT2D eigenvalue weighted by atomic mass is 32.2. The van der Waals surface area contributed by atoms with Crippen molar-refractivity contribution in [2.75, 3.05) is 18.4 Å². The van der Waals surface area contributed by atoms with Gasteiger partial charge < -0.3 is 5.32 Å². The molecule has 5 nitrogen and oxygen atoms in total. The van der Waals surface area contributed by atoms with E-state index in [-0.39, 0.29) is 24.3 Å². The second-order valence-corrected chi connectivity index (χ2v) is 8.55. The van der Waals surface area contributed by atoms with Crippen LogP contribution in [0.2, 0.25) is 0 Å². The highest BCUT2D eigenvalue weighted by Gasteiger charge is 2.31. The summed E-state index contributed by atoms with van der Waals surface area (Å²) < 4.78 is 79.3. The van der Waals surface area contributed by atoms with Gasteiger partial charge in [-0.05, 0) is 49.2 Å². The fourth-order valence-corrected chi connectivity index (χ4v) is 4.67. The average molecular weight is 430 g/mol. The highest BCUT2D eigenvalue weighted by Crippen LogP contribution is 2.31. The van der Waals surface area contributed by atoms with Crippen molar-refractivity contribution in [3.8, 4) is 0 Å². The number of hydrogen-bond acceptors (Lipinski definition) is 3. The third kappa shape index (κ3) is 4.76. The molecule has 2 aromatic rings. The topological polar surface area (TPSA) is 66.5 Å². The number of sulfonamides is 1. The van der Waals surface area contributed by atoms with Crippen LogP contribution in [0.5, 0.6) is 0 Å². The summed E-state index contributed by atoms with van der Waals surface area (Å²) >= 11 is 0. The van der Waals surface area contributed by atoms with Gasteiger partial charge in [0.15, 0.2) is 0 Å². The van der Waals surface area contributed by atoms with E-state index in [1.54, 1.807) is 0 Å². The molecule has 0 saturated carbocycles. The first-order valence-electron chi connectivity index (χ1n) is 8.87. The van der Waals surface area contributed by atoms with Crippen molar-refractivity contribution in [1.82, 2.24) is 4.31 Å². The minimum absolute atomic E-state index is 0.116. The smallest absolute Gasteiger partial charge is 0.322 e. The molecule has 1 N–H and O–H groups in total. The lowest BCUT2D eigenvalue weighted by molar-refractivity contribution is -0.137. The Morgan fingerprint density at radius 3 is 2.34 bits per heavy atom. The van der Waals surface area contributed by atoms with E-state index in [2.05, 4.69) is 5.32 Å². The van der Waals surface area contributed by atoms with Gasteiger partial charge in [-0.3, -0.25) is 4.79 Å². The molecule has 0 aromatic heterocycles. The Morgan fingerprint density at radius 1 is 1.00 bits per heavy atom. The van der Waals surface area contributed by atoms with Gasteiger partial charge in [-0.25, -0.2) is 12.8 Å². The number of carbonyl (C=O) groups is 1. The standard InChI is InChI=1S/C19H18F4N2O3S/c20-16-8-7-13(11-17(16)29(27,28)25-9-2-1-3-10-25)18(26)24-15-6-4-5-14(12-15)19(21,22)23/h4-8,11-12H,1-3,9-10H2,(H,24,26). The predicted molar refractivity (Wildman–Crippen MR) is 98.4 cm³/mol. The van der Waals surface area contributed by atoms with Gasteiger partial charge in [0.05, 0.1) is 5.56 Å². The minimum atomic E-state index is -4.58. The van der Waals surface area contributed by atoms with Crippen molar-refractivity contribution >= 4 is 21.6 Å². The van der Waals surface area contributed by atoms with Crippen LogP contribution in [0.25, 0.3) is 0 Å². The number of nitrogens with zero attached hydrogens (tertiary/aromatic N) is 1. The van der Waals surface area contributed by atoms with Crippen LogP contribution in [-0.2, 0) is 16.2 Å². The minimum Gasteiger partial charge on any atom is -0.322 e. The second-order valence-electron chi connectivity index (χ2n) is 6.64. The lowest BCUT2D eigenvalue weighted by Gasteiger charge is -2.26. The summed E-state index contributed by atoms with van der Waals surface area (Å²) in [6.07, 6.45) is -2.37. The number of alkyl halides is 3. The van der Waals surface area contributed by atoms with Crippen molar-refractivity contribution in [1.29, 1.82) is 0 Å². The van der Waals surface area contributed by atoms with Crippen LogP contribution in [0.4, 0.5) is 23.2 Å². The Balaban J connectivity index is 1.87. The van der Waals surface area contributed by atoms with E-state index in [0.717, 1.165) is 42.8 Å². The van der Waals surface area contributed by atoms with Crippen LogP contribution in [0.15, 0.2) is 47.4 Å². The zero-order valence-corrected chi connectivity index (χ0v) is 16.0. The molecule has 1 heterocycles. The molecule has 0 radical (unpaired) electrons. The molecule has 1 aliphatic heterocycles. The number of hydrogen-bond donors (Lipinski definition) is 1. The largest absolute Gasteiger partial charge is 0.416 e. The summed E-state index contributed by atoms with van der Waals surface area (Å²) in [4.78, 5) is 11.8. The molecule has 3 rings (SSSR count). The maximum absolute atomic E-state index is 14.2. The van der Waals surface area contributed by atoms with Crippen molar-refractivity contribution in [3.63, 3.8) is 0 Å². The third-order valence-corrected chi connectivity index (χ3v) is 6.49. The Hall–Kier alpha value is -2.46. The average Bonchev–Trinajstić information content (AvgIpc) is 2.68. The normalized spacial score (nSPS) is 15.9. The molecule has 1 fully saturated rings. The number of piperidine rings is 1. The maximum Gasteiger partial charge on any atom is 0.416 e. The third-order valence-electron chi connectivity index (χ3n) is 4.57. The van der Waals surface area contributed by atoms with Crippen molar-refractivity contribution in [2.24, 2.45) is 0 Å². The molecule has 156 valence electrons. The van der Waals surface area contributed by atoms with E-state index in [9.17, 15) is 30.8 Å². The number of nitrogens with one attached hydrogen (secondary N) is 1. The number of halogens is 4. The van der Waals surface area contributed by atoms with Crippen LogP contribution < -0.4 is 5.32 Å². The van der Waals surface area contributed by atoms with Crippen molar-refractivity contribution in [3.05, 3.63) is 59.4 Å². The molecule has 1 saturated heterocycles. The Morgan fingerprint density at radius 2 is 1.69 bits per heavy atom. The molecule has 0 atom stereocenters. The van der Waals surface area contributed by atoms with Crippen LogP contribution in [0.3, 0.4) is 0 Å². The van der Waals surface area contributed by atoms with Crippen LogP contribution in [0, 0.1) is 5.82 Å². The molecule has 0 spiro atoms. The van der Waals surface area contributed by atoms with Crippen molar-refractivity contribution in [2.45, 2.75) is 30.3 Å². The fourth-order valence-electron chi connectivity index (χ4n) is 3.06. The quantitative estimate of drug-likeness (QED) is 0.737. The molecule has 29 heavy (non-hydrogen) atoms. The molecule has 2 aromatic carbocycles. The fraction of sp³-hybridized carbons (Fsp3) is 0.316. The van der Waals surface area contributed by atoms with E-state index in [4.69, 9.17) is 0 Å². The van der Waals surface area contributed by atoms with E-state index in [1.165, 1.54) is 10.4 Å². The second kappa shape index (κ2) is 8.11. The molecule has 1 amide bonds. The van der Waals surface area contributed by atoms with E-state index in [0.29, 0.717) is 12.8 Å². The Bertz CT molecular complexity index is 1020. The summed E-state index contributed by atoms with van der Waals surface area (Å²) in [7, 11) is -4.12. The number of benzene rings is 2. The zero-order chi connectivity index (χ0) is 21.2. The summed E-state index contributed by atoms with van der Waals surface area (Å²) in [5.74, 6) is -1.84. The Labute approximate surface area is 165 Å². The molecule has 10 heteroatoms. The molecule has 1 aliphatic rings. The summed E-state index contributed by atoms with van der Waals surface area (Å²) in [5.41, 5.74) is -1.24. The molecular formula is C19H18F4N2O3S. The van der Waals surface area contributed by atoms with Crippen LogP contribution >= 0.6 is 0 Å². The van der Waals surface area contributed by atoms with Gasteiger partial charge in [0.1, 0.15) is 10.7 Å². The number of anilines is 1. The first-order chi connectivity index (χ1) is 13.6. The van der Waals surface area contributed by atoms with Crippen LogP contribution in [-0.4, -0.2) is 31.7 Å². The lowest BCUT2D eigenvalue weighted by Crippen LogP contribution is -2.36. The number of amides is 1. The van der Waals surface area contributed by atoms with Gasteiger partial charge in [0.2, 0.25) is 10.0 Å². The summed E-state index contributed by atoms with van der Waals surface area (Å²) in [5, 5.41) is 2.28. The number of carbonyl (C=O) groups excluding carboxylic acids is 1. The SMILES string of the molecule is O=C(Nc1cccc(C(F)(F)F)c1)c1ccc(F)c(S(=O)(=O)N2CCCCC2)c1. The summed E-state index contributed by atoms with van der Waals surface area (Å²) in [6, 6.07) is 6.86. The van der Waals surface area contributed by atoms with Gasteiger partial charge >= 0.3 is 6.18 Å². The molecule has 0 aliphatic carbocycles. The Kier molecular flexibility index (Phi) is 5.95. The van der Waals surface area contributed by atoms with E-state index >= 15 is 0 Å². The van der Waals surface area contributed by atoms with Gasteiger partial charge in [-0.15, -0.1) is 0 Å². The predicted octanol–water partition coefficient (Wildman–Crippen LogP) is 4.27. The molecular weight excluding hydrogens is 412 g/mol. The zero-order valence-electron chi connectivity index (χ0n) is 15.2. The van der Waals surface area contributed by atoms with Gasteiger partial charge in [0.25, 0.3) is 5.91 Å². The van der Waals surface area contributed by atoms with E-state index < -0.39 is 38.4 Å². The summed E-state index contributed by atoms with van der Waals surface area (Å²) in [6.45, 7) is 0.533. The van der Waals surface area contributed by atoms with Gasteiger partial charge in [0, 0.05) is 24.3 Å². The van der Waals surface area contributed by atoms with Crippen LogP contribution in [0.1, 0.15) is 35.2 Å². The van der Waals surface area contributed by atoms with Crippen molar-refractivity contribution < 1.29 is 30.8 Å². The van der Waals surface area contributed by atoms with Gasteiger partial charge in [-0.2, -0.15) is 17.5 Å². The lowest BCUT2D eigenvalue weighted by atomic mass is 10.1. The number of rotatable bonds is 4. The van der Waals surface area contributed by atoms with Gasteiger partial charge in [-0.1, -0.05) is 12.5 Å². The monoisotopic (exact) mass is 430 g/mol.